The lowest BCUT2D eigenvalue weighted by molar-refractivity contribution is -0.405. The molecule has 0 aliphatic carbocycles. The van der Waals surface area contributed by atoms with Gasteiger partial charge in [0, 0.05) is 78.2 Å². The molecule has 266 valence electrons. The van der Waals surface area contributed by atoms with Gasteiger partial charge in [-0.3, -0.25) is 0 Å². The fourth-order valence-corrected chi connectivity index (χ4v) is 6.53. The van der Waals surface area contributed by atoms with Crippen molar-refractivity contribution in [3.63, 3.8) is 0 Å². The molecule has 0 aromatic carbocycles. The monoisotopic (exact) mass is 658 g/mol. The molecule has 3 aliphatic rings. The van der Waals surface area contributed by atoms with E-state index in [2.05, 4.69) is 0 Å². The van der Waals surface area contributed by atoms with Crippen LogP contribution in [0.3, 0.4) is 0 Å². The van der Waals surface area contributed by atoms with Crippen molar-refractivity contribution in [3.05, 3.63) is 0 Å². The Labute approximate surface area is 266 Å². The molecule has 45 heavy (non-hydrogen) atoms. The Hall–Kier alpha value is -0.640. The second-order valence-electron chi connectivity index (χ2n) is 10.9. The highest BCUT2D eigenvalue weighted by Crippen LogP contribution is 2.42. The van der Waals surface area contributed by atoms with Crippen molar-refractivity contribution >= 4 is 0 Å². The number of ether oxygens (including phenoxy) is 16. The predicted molar refractivity (Wildman–Crippen MR) is 154 cm³/mol. The van der Waals surface area contributed by atoms with Crippen molar-refractivity contribution < 1.29 is 75.8 Å². The highest BCUT2D eigenvalue weighted by Gasteiger charge is 2.63. The lowest BCUT2D eigenvalue weighted by atomic mass is 9.97. The van der Waals surface area contributed by atoms with Gasteiger partial charge in [-0.05, 0) is 0 Å². The van der Waals surface area contributed by atoms with Crippen LogP contribution < -0.4 is 0 Å². The molecule has 0 aromatic heterocycles. The first-order chi connectivity index (χ1) is 21.8. The van der Waals surface area contributed by atoms with Crippen molar-refractivity contribution in [3.8, 4) is 0 Å². The third-order valence-electron chi connectivity index (χ3n) is 8.47. The van der Waals surface area contributed by atoms with Crippen LogP contribution in [0.15, 0.2) is 0 Å². The van der Waals surface area contributed by atoms with E-state index in [1.165, 1.54) is 21.3 Å². The average molecular weight is 659 g/mol. The van der Waals surface area contributed by atoms with E-state index in [0.29, 0.717) is 0 Å². The molecule has 3 aliphatic heterocycles. The summed E-state index contributed by atoms with van der Waals surface area (Å²) < 4.78 is 95.8. The summed E-state index contributed by atoms with van der Waals surface area (Å²) in [5.74, 6) is -1.63. The van der Waals surface area contributed by atoms with Gasteiger partial charge in [-0.1, -0.05) is 0 Å². The van der Waals surface area contributed by atoms with Crippen LogP contribution in [0.5, 0.6) is 0 Å². The second-order valence-corrected chi connectivity index (χ2v) is 10.9. The normalized spacial score (nSPS) is 42.3. The van der Waals surface area contributed by atoms with Crippen LogP contribution in [0, 0.1) is 0 Å². The van der Waals surface area contributed by atoms with Crippen LogP contribution in [0.1, 0.15) is 0 Å². The van der Waals surface area contributed by atoms with Crippen molar-refractivity contribution in [2.45, 2.75) is 85.5 Å². The fraction of sp³-hybridized carbons (Fsp3) is 1.00. The van der Waals surface area contributed by atoms with Crippen LogP contribution in [-0.2, 0) is 75.8 Å². The standard InChI is InChI=1S/C29H54O16/c1-30-12-16-19(34-5)22(37-8)24(39-10)27(41-16)43-26-21(36-7)18(14-32-3)44-29(26,15-33-4)45-28-25(40-11)23(38-9)20(35-6)17(42-28)13-31-2/h16-28H,12-15H2,1-11H3/t16?,17-,18?,19?,20-,21?,22?,23+,24?,25-,26?,27?,28-,29?/m1/s1. The first kappa shape index (κ1) is 38.8. The van der Waals surface area contributed by atoms with Gasteiger partial charge in [-0.15, -0.1) is 0 Å². The third kappa shape index (κ3) is 8.33. The first-order valence-electron chi connectivity index (χ1n) is 14.8. The zero-order valence-electron chi connectivity index (χ0n) is 28.4. The van der Waals surface area contributed by atoms with Gasteiger partial charge in [-0.2, -0.15) is 0 Å². The summed E-state index contributed by atoms with van der Waals surface area (Å²) in [4.78, 5) is 0. The molecule has 0 spiro atoms. The maximum atomic E-state index is 6.76. The highest BCUT2D eigenvalue weighted by molar-refractivity contribution is 5.03. The fourth-order valence-electron chi connectivity index (χ4n) is 6.53. The molecule has 16 nitrogen and oxygen atoms in total. The van der Waals surface area contributed by atoms with Crippen molar-refractivity contribution in [1.82, 2.24) is 0 Å². The van der Waals surface area contributed by atoms with Crippen molar-refractivity contribution in [2.24, 2.45) is 0 Å². The summed E-state index contributed by atoms with van der Waals surface area (Å²) in [6.45, 7) is 0.462. The van der Waals surface area contributed by atoms with Gasteiger partial charge in [-0.25, -0.2) is 0 Å². The van der Waals surface area contributed by atoms with E-state index >= 15 is 0 Å². The van der Waals surface area contributed by atoms with E-state index in [9.17, 15) is 0 Å². The Bertz CT molecular complexity index is 825. The minimum absolute atomic E-state index is 0.103. The van der Waals surface area contributed by atoms with Gasteiger partial charge >= 0.3 is 0 Å². The SMILES string of the molecule is COCC1OC(OC2C(OC)C(COC)OC2(COC)O[C@H]2O[C@H](COC)[C@@H](OC)[C@H](OC)[C@H]2OC)C(OC)C(OC)C1OC. The second kappa shape index (κ2) is 18.8. The van der Waals surface area contributed by atoms with Gasteiger partial charge < -0.3 is 75.8 Å². The molecule has 3 heterocycles. The van der Waals surface area contributed by atoms with Crippen LogP contribution in [0.2, 0.25) is 0 Å². The van der Waals surface area contributed by atoms with Crippen LogP contribution in [0.25, 0.3) is 0 Å². The lowest BCUT2D eigenvalue weighted by Crippen LogP contribution is -2.66. The molecule has 0 bridgehead atoms. The van der Waals surface area contributed by atoms with Crippen LogP contribution in [-0.4, -0.2) is 190 Å². The maximum absolute atomic E-state index is 6.76. The molecule has 0 amide bonds. The maximum Gasteiger partial charge on any atom is 0.224 e. The molecule has 3 rings (SSSR count). The minimum atomic E-state index is -1.63. The molecule has 16 heteroatoms. The molecule has 0 aromatic rings. The lowest BCUT2D eigenvalue weighted by Gasteiger charge is -2.48. The van der Waals surface area contributed by atoms with Crippen LogP contribution in [0.4, 0.5) is 0 Å². The Balaban J connectivity index is 2.06. The van der Waals surface area contributed by atoms with E-state index in [1.54, 1.807) is 56.9 Å². The Morgan fingerprint density at radius 1 is 0.444 bits per heavy atom. The van der Waals surface area contributed by atoms with Gasteiger partial charge in [0.1, 0.15) is 73.8 Å². The molecule has 14 atom stereocenters. The number of hydrogen-bond donors (Lipinski definition) is 0. The van der Waals surface area contributed by atoms with Gasteiger partial charge in [0.25, 0.3) is 0 Å². The van der Waals surface area contributed by atoms with Gasteiger partial charge in [0.05, 0.1) is 19.8 Å². The zero-order valence-corrected chi connectivity index (χ0v) is 28.4. The molecule has 9 unspecified atom stereocenters. The van der Waals surface area contributed by atoms with Gasteiger partial charge in [0.15, 0.2) is 12.6 Å². The van der Waals surface area contributed by atoms with Crippen molar-refractivity contribution in [2.75, 3.05) is 105 Å². The van der Waals surface area contributed by atoms with Crippen molar-refractivity contribution in [1.29, 1.82) is 0 Å². The Morgan fingerprint density at radius 2 is 0.867 bits per heavy atom. The summed E-state index contributed by atoms with van der Waals surface area (Å²) in [6, 6.07) is 0. The third-order valence-corrected chi connectivity index (χ3v) is 8.47. The van der Waals surface area contributed by atoms with Gasteiger partial charge in [0.2, 0.25) is 5.79 Å². The summed E-state index contributed by atoms with van der Waals surface area (Å²) in [6.07, 6.45) is -9.18. The topological polar surface area (TPSA) is 148 Å². The first-order valence-corrected chi connectivity index (χ1v) is 14.8. The quantitative estimate of drug-likeness (QED) is 0.177. The molecule has 3 saturated heterocycles. The highest BCUT2D eigenvalue weighted by atomic mass is 16.8. The summed E-state index contributed by atoms with van der Waals surface area (Å²) in [5, 5.41) is 0. The molecule has 0 radical (unpaired) electrons. The summed E-state index contributed by atoms with van der Waals surface area (Å²) in [7, 11) is 17.1. The number of methoxy groups -OCH3 is 11. The number of rotatable bonds is 19. The van der Waals surface area contributed by atoms with E-state index in [0.717, 1.165) is 0 Å². The van der Waals surface area contributed by atoms with Crippen LogP contribution >= 0.6 is 0 Å². The summed E-state index contributed by atoms with van der Waals surface area (Å²) in [5.41, 5.74) is 0. The molecule has 3 fully saturated rings. The molecular weight excluding hydrogens is 604 g/mol. The molecular formula is C29H54O16. The average Bonchev–Trinajstić information content (AvgIpc) is 3.31. The molecule has 0 N–H and O–H groups in total. The van der Waals surface area contributed by atoms with E-state index in [4.69, 9.17) is 75.8 Å². The number of hydrogen-bond acceptors (Lipinski definition) is 16. The summed E-state index contributed by atoms with van der Waals surface area (Å²) >= 11 is 0. The van der Waals surface area contributed by atoms with E-state index in [-0.39, 0.29) is 26.4 Å². The minimum Gasteiger partial charge on any atom is -0.382 e. The predicted octanol–water partition coefficient (Wildman–Crippen LogP) is -0.376. The zero-order chi connectivity index (χ0) is 33.1. The molecule has 0 saturated carbocycles. The van der Waals surface area contributed by atoms with E-state index < -0.39 is 85.5 Å². The Morgan fingerprint density at radius 3 is 1.29 bits per heavy atom. The Kier molecular flexibility index (Phi) is 16.2. The smallest absolute Gasteiger partial charge is 0.224 e. The van der Waals surface area contributed by atoms with E-state index in [1.807, 2.05) is 0 Å². The largest absolute Gasteiger partial charge is 0.382 e.